The van der Waals surface area contributed by atoms with E-state index >= 15 is 0 Å². The quantitative estimate of drug-likeness (QED) is 0.852. The van der Waals surface area contributed by atoms with Crippen LogP contribution >= 0.6 is 0 Å². The van der Waals surface area contributed by atoms with Crippen LogP contribution in [-0.4, -0.2) is 20.0 Å². The maximum absolute atomic E-state index is 5.68. The lowest BCUT2D eigenvalue weighted by atomic mass is 9.94. The Labute approximate surface area is 99.8 Å². The summed E-state index contributed by atoms with van der Waals surface area (Å²) in [5.74, 6) is 1.91. The summed E-state index contributed by atoms with van der Waals surface area (Å²) in [5, 5.41) is 7.71. The van der Waals surface area contributed by atoms with Gasteiger partial charge in [-0.2, -0.15) is 0 Å². The third kappa shape index (κ3) is 2.30. The molecular formula is C11H17N5O. The lowest BCUT2D eigenvalue weighted by Crippen LogP contribution is -2.09. The van der Waals surface area contributed by atoms with E-state index in [1.165, 1.54) is 0 Å². The van der Waals surface area contributed by atoms with Crippen LogP contribution < -0.4 is 5.73 Å². The van der Waals surface area contributed by atoms with Crippen molar-refractivity contribution in [3.05, 3.63) is 23.5 Å². The second kappa shape index (κ2) is 3.87. The third-order valence-electron chi connectivity index (χ3n) is 2.60. The third-order valence-corrected chi connectivity index (χ3v) is 2.60. The Bertz CT molecular complexity index is 520. The van der Waals surface area contributed by atoms with E-state index in [-0.39, 0.29) is 5.41 Å². The lowest BCUT2D eigenvalue weighted by molar-refractivity contribution is 0.370. The molecule has 0 atom stereocenters. The molecule has 0 aliphatic heterocycles. The molecule has 2 aromatic heterocycles. The summed E-state index contributed by atoms with van der Waals surface area (Å²) in [7, 11) is 0. The van der Waals surface area contributed by atoms with Crippen molar-refractivity contribution >= 4 is 5.82 Å². The summed E-state index contributed by atoms with van der Waals surface area (Å²) in [6.07, 6.45) is 1.75. The molecule has 2 aromatic rings. The molecule has 0 aliphatic rings. The van der Waals surface area contributed by atoms with Gasteiger partial charge in [-0.15, -0.1) is 5.10 Å². The maximum atomic E-state index is 5.68. The van der Waals surface area contributed by atoms with Crippen LogP contribution in [0.1, 0.15) is 38.1 Å². The minimum Gasteiger partial charge on any atom is -0.443 e. The van der Waals surface area contributed by atoms with E-state index in [1.807, 2.05) is 6.92 Å². The molecule has 6 nitrogen and oxygen atoms in total. The molecule has 0 saturated heterocycles. The van der Waals surface area contributed by atoms with E-state index in [4.69, 9.17) is 10.2 Å². The van der Waals surface area contributed by atoms with Gasteiger partial charge in [-0.3, -0.25) is 0 Å². The zero-order valence-electron chi connectivity index (χ0n) is 10.6. The molecule has 0 radical (unpaired) electrons. The van der Waals surface area contributed by atoms with Crippen LogP contribution in [0.15, 0.2) is 10.6 Å². The smallest absolute Gasteiger partial charge is 0.216 e. The molecule has 2 N–H and O–H groups in total. The van der Waals surface area contributed by atoms with Crippen molar-refractivity contribution in [2.24, 2.45) is 0 Å². The molecule has 0 amide bonds. The molecule has 0 aromatic carbocycles. The van der Waals surface area contributed by atoms with Gasteiger partial charge in [-0.25, -0.2) is 9.67 Å². The van der Waals surface area contributed by atoms with Crippen molar-refractivity contribution < 1.29 is 4.42 Å². The standard InChI is InChI=1S/C11H17N5O/c1-7-10(12)14-15-16(7)6-9-13-5-8(17-9)11(2,3)4/h5H,6,12H2,1-4H3. The van der Waals surface area contributed by atoms with Crippen molar-refractivity contribution in [2.45, 2.75) is 39.7 Å². The highest BCUT2D eigenvalue weighted by atomic mass is 16.4. The fourth-order valence-electron chi connectivity index (χ4n) is 1.38. The number of hydrogen-bond acceptors (Lipinski definition) is 5. The summed E-state index contributed by atoms with van der Waals surface area (Å²) >= 11 is 0. The van der Waals surface area contributed by atoms with E-state index in [0.29, 0.717) is 18.3 Å². The number of nitrogen functional groups attached to an aromatic ring is 1. The molecule has 17 heavy (non-hydrogen) atoms. The minimum absolute atomic E-state index is 0.0400. The summed E-state index contributed by atoms with van der Waals surface area (Å²) < 4.78 is 7.35. The van der Waals surface area contributed by atoms with Crippen molar-refractivity contribution in [3.63, 3.8) is 0 Å². The molecule has 0 spiro atoms. The van der Waals surface area contributed by atoms with Crippen molar-refractivity contribution in [2.75, 3.05) is 5.73 Å². The first-order chi connectivity index (χ1) is 7.88. The number of hydrogen-bond donors (Lipinski definition) is 1. The second-order valence-electron chi connectivity index (χ2n) is 5.09. The number of nitrogens with two attached hydrogens (primary N) is 1. The molecule has 2 heterocycles. The van der Waals surface area contributed by atoms with Crippen LogP contribution in [0.25, 0.3) is 0 Å². The van der Waals surface area contributed by atoms with Crippen LogP contribution in [0.4, 0.5) is 5.82 Å². The van der Waals surface area contributed by atoms with E-state index in [1.54, 1.807) is 10.9 Å². The van der Waals surface area contributed by atoms with Gasteiger partial charge in [0.25, 0.3) is 0 Å². The summed E-state index contributed by atoms with van der Waals surface area (Å²) in [5.41, 5.74) is 6.40. The topological polar surface area (TPSA) is 82.8 Å². The maximum Gasteiger partial charge on any atom is 0.216 e. The van der Waals surface area contributed by atoms with E-state index in [0.717, 1.165) is 11.5 Å². The van der Waals surface area contributed by atoms with Crippen molar-refractivity contribution in [1.29, 1.82) is 0 Å². The van der Waals surface area contributed by atoms with Gasteiger partial charge in [0.2, 0.25) is 5.89 Å². The van der Waals surface area contributed by atoms with Gasteiger partial charge in [0, 0.05) is 5.41 Å². The van der Waals surface area contributed by atoms with Crippen molar-refractivity contribution in [3.8, 4) is 0 Å². The SMILES string of the molecule is Cc1c(N)nnn1Cc1ncc(C(C)(C)C)o1. The van der Waals surface area contributed by atoms with E-state index < -0.39 is 0 Å². The van der Waals surface area contributed by atoms with Crippen LogP contribution in [0.3, 0.4) is 0 Å². The summed E-state index contributed by atoms with van der Waals surface area (Å²) in [6.45, 7) is 8.55. The van der Waals surface area contributed by atoms with Gasteiger partial charge in [0.1, 0.15) is 12.3 Å². The first kappa shape index (κ1) is 11.6. The molecule has 0 aliphatic carbocycles. The average Bonchev–Trinajstić information content (AvgIpc) is 2.80. The molecule has 2 rings (SSSR count). The molecular weight excluding hydrogens is 218 g/mol. The van der Waals surface area contributed by atoms with Gasteiger partial charge in [0.05, 0.1) is 11.9 Å². The molecule has 0 unspecified atom stereocenters. The van der Waals surface area contributed by atoms with E-state index in [2.05, 4.69) is 36.1 Å². The van der Waals surface area contributed by atoms with Crippen LogP contribution in [0.2, 0.25) is 0 Å². The molecule has 0 saturated carbocycles. The Morgan fingerprint density at radius 3 is 2.59 bits per heavy atom. The average molecular weight is 235 g/mol. The predicted molar refractivity (Wildman–Crippen MR) is 63.5 cm³/mol. The first-order valence-corrected chi connectivity index (χ1v) is 5.48. The Kier molecular flexibility index (Phi) is 2.65. The zero-order chi connectivity index (χ0) is 12.6. The van der Waals surface area contributed by atoms with Crippen LogP contribution in [0.5, 0.6) is 0 Å². The van der Waals surface area contributed by atoms with E-state index in [9.17, 15) is 0 Å². The van der Waals surface area contributed by atoms with Crippen molar-refractivity contribution in [1.82, 2.24) is 20.0 Å². The summed E-state index contributed by atoms with van der Waals surface area (Å²) in [4.78, 5) is 4.23. The van der Waals surface area contributed by atoms with Gasteiger partial charge in [0.15, 0.2) is 5.82 Å². The number of rotatable bonds is 2. The molecule has 0 fully saturated rings. The highest BCUT2D eigenvalue weighted by molar-refractivity contribution is 5.31. The predicted octanol–water partition coefficient (Wildman–Crippen LogP) is 1.50. The fourth-order valence-corrected chi connectivity index (χ4v) is 1.38. The van der Waals surface area contributed by atoms with Gasteiger partial charge in [-0.05, 0) is 6.92 Å². The van der Waals surface area contributed by atoms with Gasteiger partial charge < -0.3 is 10.2 Å². The van der Waals surface area contributed by atoms with Gasteiger partial charge in [-0.1, -0.05) is 26.0 Å². The first-order valence-electron chi connectivity index (χ1n) is 5.48. The van der Waals surface area contributed by atoms with Gasteiger partial charge >= 0.3 is 0 Å². The Hall–Kier alpha value is -1.85. The monoisotopic (exact) mass is 235 g/mol. The number of anilines is 1. The fraction of sp³-hybridized carbons (Fsp3) is 0.545. The lowest BCUT2D eigenvalue weighted by Gasteiger charge is -2.13. The number of aromatic nitrogens is 4. The number of nitrogens with zero attached hydrogens (tertiary/aromatic N) is 4. The molecule has 92 valence electrons. The zero-order valence-corrected chi connectivity index (χ0v) is 10.6. The normalized spacial score (nSPS) is 12.0. The second-order valence-corrected chi connectivity index (χ2v) is 5.09. The van der Waals surface area contributed by atoms with Crippen LogP contribution in [-0.2, 0) is 12.0 Å². The summed E-state index contributed by atoms with van der Waals surface area (Å²) in [6, 6.07) is 0. The molecule has 6 heteroatoms. The highest BCUT2D eigenvalue weighted by Gasteiger charge is 2.19. The Morgan fingerprint density at radius 1 is 1.41 bits per heavy atom. The minimum atomic E-state index is -0.0400. The van der Waals surface area contributed by atoms with Crippen LogP contribution in [0, 0.1) is 6.92 Å². The largest absolute Gasteiger partial charge is 0.443 e. The molecule has 0 bridgehead atoms. The Balaban J connectivity index is 2.20. The highest BCUT2D eigenvalue weighted by Crippen LogP contribution is 2.23. The Morgan fingerprint density at radius 2 is 2.12 bits per heavy atom. The number of oxazole rings is 1.